The normalized spacial score (nSPS) is 40.9. The summed E-state index contributed by atoms with van der Waals surface area (Å²) >= 11 is 0. The Morgan fingerprint density at radius 1 is 1.05 bits per heavy atom. The summed E-state index contributed by atoms with van der Waals surface area (Å²) in [5.74, 6) is 1.46. The van der Waals surface area contributed by atoms with Gasteiger partial charge in [0.1, 0.15) is 12.1 Å². The SMILES string of the molecule is COC1CCC2C3[NH2+]CCC4C5CC(OC(C)C(=O)NCCCOC(C)C)CCC5N(C(=O)C2C1OC)C43. The molecule has 0 radical (unpaired) electrons. The molecule has 38 heavy (non-hydrogen) atoms. The molecule has 2 amide bonds. The second-order valence-corrected chi connectivity index (χ2v) is 12.5. The molecular weight excluding hydrogens is 486 g/mol. The van der Waals surface area contributed by atoms with Crippen molar-refractivity contribution in [3.8, 4) is 0 Å². The van der Waals surface area contributed by atoms with E-state index in [1.54, 1.807) is 14.2 Å². The van der Waals surface area contributed by atoms with Crippen LogP contribution in [0.2, 0.25) is 0 Å². The van der Waals surface area contributed by atoms with Crippen LogP contribution in [0.5, 0.6) is 0 Å². The van der Waals surface area contributed by atoms with Crippen molar-refractivity contribution < 1.29 is 33.9 Å². The first-order valence-corrected chi connectivity index (χ1v) is 15.1. The third kappa shape index (κ3) is 5.26. The molecule has 5 aliphatic rings. The average Bonchev–Trinajstić information content (AvgIpc) is 3.25. The molecule has 11 unspecified atom stereocenters. The molecule has 3 aliphatic heterocycles. The summed E-state index contributed by atoms with van der Waals surface area (Å²) in [6.07, 6.45) is 6.32. The molecule has 0 aromatic rings. The number of piperidine rings is 2. The summed E-state index contributed by atoms with van der Waals surface area (Å²) < 4.78 is 23.6. The Labute approximate surface area is 228 Å². The molecule has 0 aromatic carbocycles. The maximum Gasteiger partial charge on any atom is 0.248 e. The maximum atomic E-state index is 14.2. The van der Waals surface area contributed by atoms with Gasteiger partial charge in [0, 0.05) is 45.8 Å². The number of quaternary nitrogens is 1. The highest BCUT2D eigenvalue weighted by molar-refractivity contribution is 5.82. The first kappa shape index (κ1) is 28.3. The zero-order valence-electron chi connectivity index (χ0n) is 24.0. The quantitative estimate of drug-likeness (QED) is 0.406. The van der Waals surface area contributed by atoms with E-state index in [2.05, 4.69) is 15.5 Å². The zero-order valence-corrected chi connectivity index (χ0v) is 24.0. The van der Waals surface area contributed by atoms with Crippen LogP contribution in [0.3, 0.4) is 0 Å². The third-order valence-corrected chi connectivity index (χ3v) is 10.2. The third-order valence-electron chi connectivity index (χ3n) is 10.2. The van der Waals surface area contributed by atoms with Gasteiger partial charge in [0.05, 0.1) is 42.9 Å². The van der Waals surface area contributed by atoms with Crippen LogP contribution in [0, 0.1) is 23.7 Å². The van der Waals surface area contributed by atoms with E-state index in [0.717, 1.165) is 51.5 Å². The van der Waals surface area contributed by atoms with Gasteiger partial charge < -0.3 is 34.5 Å². The van der Waals surface area contributed by atoms with Crippen LogP contribution in [0.4, 0.5) is 0 Å². The van der Waals surface area contributed by atoms with Crippen LogP contribution in [-0.4, -0.2) is 99.3 Å². The van der Waals surface area contributed by atoms with E-state index in [-0.39, 0.29) is 42.3 Å². The van der Waals surface area contributed by atoms with E-state index < -0.39 is 6.10 Å². The Kier molecular flexibility index (Phi) is 8.99. The first-order chi connectivity index (χ1) is 18.3. The molecule has 11 atom stereocenters. The molecule has 5 fully saturated rings. The Balaban J connectivity index is 1.23. The Morgan fingerprint density at radius 3 is 2.61 bits per heavy atom. The van der Waals surface area contributed by atoms with Crippen LogP contribution >= 0.6 is 0 Å². The molecule has 3 heterocycles. The number of nitrogens with one attached hydrogen (secondary N) is 1. The molecule has 9 nitrogen and oxygen atoms in total. The van der Waals surface area contributed by atoms with E-state index >= 15 is 0 Å². The zero-order chi connectivity index (χ0) is 27.0. The summed E-state index contributed by atoms with van der Waals surface area (Å²) in [5.41, 5.74) is 0. The van der Waals surface area contributed by atoms with Crippen LogP contribution in [0.1, 0.15) is 65.7 Å². The fraction of sp³-hybridized carbons (Fsp3) is 0.931. The number of hydrogen-bond donors (Lipinski definition) is 2. The molecule has 0 aromatic heterocycles. The lowest BCUT2D eigenvalue weighted by atomic mass is 9.64. The van der Waals surface area contributed by atoms with Gasteiger partial charge in [0.2, 0.25) is 11.8 Å². The van der Waals surface area contributed by atoms with Crippen LogP contribution < -0.4 is 10.6 Å². The van der Waals surface area contributed by atoms with Gasteiger partial charge >= 0.3 is 0 Å². The van der Waals surface area contributed by atoms with Gasteiger partial charge in [-0.25, -0.2) is 0 Å². The van der Waals surface area contributed by atoms with Gasteiger partial charge in [-0.1, -0.05) is 0 Å². The number of hydrogen-bond acceptors (Lipinski definition) is 6. The Hall–Kier alpha value is -1.26. The highest BCUT2D eigenvalue weighted by Crippen LogP contribution is 2.53. The van der Waals surface area contributed by atoms with Crippen molar-refractivity contribution in [2.45, 2.75) is 114 Å². The highest BCUT2D eigenvalue weighted by Gasteiger charge is 2.66. The van der Waals surface area contributed by atoms with Crippen molar-refractivity contribution in [3.63, 3.8) is 0 Å². The number of rotatable bonds is 10. The lowest BCUT2D eigenvalue weighted by Gasteiger charge is -2.53. The lowest BCUT2D eigenvalue weighted by Crippen LogP contribution is -2.99. The van der Waals surface area contributed by atoms with E-state index in [4.69, 9.17) is 18.9 Å². The van der Waals surface area contributed by atoms with E-state index in [1.165, 1.54) is 0 Å². The highest BCUT2D eigenvalue weighted by atomic mass is 16.5. The number of carbonyl (C=O) groups excluding carboxylic acids is 2. The van der Waals surface area contributed by atoms with Gasteiger partial charge in [-0.05, 0) is 71.1 Å². The minimum absolute atomic E-state index is 0.0148. The first-order valence-electron chi connectivity index (χ1n) is 15.1. The van der Waals surface area contributed by atoms with E-state index in [0.29, 0.717) is 48.9 Å². The molecule has 0 spiro atoms. The summed E-state index contributed by atoms with van der Waals surface area (Å²) in [4.78, 5) is 29.1. The molecule has 2 aliphatic carbocycles. The second kappa shape index (κ2) is 12.1. The number of amides is 2. The Bertz CT molecular complexity index is 841. The smallest absolute Gasteiger partial charge is 0.248 e. The average molecular weight is 537 g/mol. The van der Waals surface area contributed by atoms with Crippen LogP contribution in [0.25, 0.3) is 0 Å². The lowest BCUT2D eigenvalue weighted by molar-refractivity contribution is -0.713. The van der Waals surface area contributed by atoms with Gasteiger partial charge in [-0.2, -0.15) is 0 Å². The van der Waals surface area contributed by atoms with E-state index in [1.807, 2.05) is 20.8 Å². The van der Waals surface area contributed by atoms with Gasteiger partial charge in [-0.15, -0.1) is 0 Å². The second-order valence-electron chi connectivity index (χ2n) is 12.5. The van der Waals surface area contributed by atoms with Gasteiger partial charge in [0.15, 0.2) is 0 Å². The van der Waals surface area contributed by atoms with Crippen molar-refractivity contribution in [2.75, 3.05) is 33.9 Å². The largest absolute Gasteiger partial charge is 0.379 e. The number of methoxy groups -OCH3 is 2. The summed E-state index contributed by atoms with van der Waals surface area (Å²) in [6.45, 7) is 8.26. The van der Waals surface area contributed by atoms with Crippen molar-refractivity contribution in [3.05, 3.63) is 0 Å². The topological polar surface area (TPSA) is 103 Å². The summed E-state index contributed by atoms with van der Waals surface area (Å²) in [6, 6.07) is 1.04. The van der Waals surface area contributed by atoms with Crippen molar-refractivity contribution in [1.82, 2.24) is 10.2 Å². The number of ether oxygens (including phenoxy) is 4. The minimum Gasteiger partial charge on any atom is -0.379 e. The molecule has 3 N–H and O–H groups in total. The standard InChI is InChI=1S/C29H49N3O6/c1-16(2)37-14-6-12-31-28(33)17(3)38-18-7-9-22-21(15-18)19-11-13-30-25-20-8-10-23(35-4)27(36-5)24(20)29(34)32(22)26(19)25/h16-27,30H,6-15H2,1-5H3,(H,31,33)/p+1. The number of nitrogens with zero attached hydrogens (tertiary/aromatic N) is 1. The van der Waals surface area contributed by atoms with Crippen LogP contribution in [0.15, 0.2) is 0 Å². The number of nitrogens with two attached hydrogens (primary N) is 1. The predicted molar refractivity (Wildman–Crippen MR) is 141 cm³/mol. The fourth-order valence-corrected chi connectivity index (χ4v) is 8.72. The molecule has 5 rings (SSSR count). The maximum absolute atomic E-state index is 14.2. The number of carbonyl (C=O) groups is 2. The van der Waals surface area contributed by atoms with Crippen molar-refractivity contribution in [2.24, 2.45) is 23.7 Å². The van der Waals surface area contributed by atoms with Gasteiger partial charge in [-0.3, -0.25) is 9.59 Å². The van der Waals surface area contributed by atoms with E-state index in [9.17, 15) is 9.59 Å². The van der Waals surface area contributed by atoms with Crippen LogP contribution in [-0.2, 0) is 28.5 Å². The Morgan fingerprint density at radius 2 is 1.87 bits per heavy atom. The summed E-state index contributed by atoms with van der Waals surface area (Å²) in [7, 11) is 3.48. The molecule has 2 saturated carbocycles. The van der Waals surface area contributed by atoms with Crippen molar-refractivity contribution in [1.29, 1.82) is 0 Å². The molecule has 9 heteroatoms. The molecule has 3 saturated heterocycles. The van der Waals surface area contributed by atoms with Gasteiger partial charge in [0.25, 0.3) is 0 Å². The van der Waals surface area contributed by atoms with Crippen molar-refractivity contribution >= 4 is 11.8 Å². The monoisotopic (exact) mass is 536 g/mol. The molecular formula is C29H50N3O6+. The summed E-state index contributed by atoms with van der Waals surface area (Å²) in [5, 5.41) is 5.53. The molecule has 0 bridgehead atoms. The molecule has 216 valence electrons. The number of fused-ring (bicyclic) bond motifs is 5. The fourth-order valence-electron chi connectivity index (χ4n) is 8.72. The predicted octanol–water partition coefficient (Wildman–Crippen LogP) is 1.09. The minimum atomic E-state index is -0.475.